The highest BCUT2D eigenvalue weighted by Gasteiger charge is 2.19. The topological polar surface area (TPSA) is 12.0 Å². The third-order valence-electron chi connectivity index (χ3n) is 4.23. The second-order valence-corrected chi connectivity index (χ2v) is 7.18. The first kappa shape index (κ1) is 19.9. The van der Waals surface area contributed by atoms with Crippen molar-refractivity contribution in [3.05, 3.63) is 0 Å². The molecule has 0 amide bonds. The van der Waals surface area contributed by atoms with Gasteiger partial charge in [0.2, 0.25) is 0 Å². The van der Waals surface area contributed by atoms with Gasteiger partial charge in [0.15, 0.2) is 0 Å². The van der Waals surface area contributed by atoms with Crippen molar-refractivity contribution in [2.24, 2.45) is 0 Å². The number of unbranched alkanes of at least 4 members (excludes halogenated alkanes) is 9. The van der Waals surface area contributed by atoms with Gasteiger partial charge in [-0.1, -0.05) is 71.6 Å². The lowest BCUT2D eigenvalue weighted by atomic mass is 10.1. The highest BCUT2D eigenvalue weighted by Crippen LogP contribution is 2.10. The second kappa shape index (κ2) is 12.6. The molecule has 1 N–H and O–H groups in total. The average Bonchev–Trinajstić information content (AvgIpc) is 2.38. The van der Waals surface area contributed by atoms with Crippen molar-refractivity contribution in [1.82, 2.24) is 5.32 Å². The van der Waals surface area contributed by atoms with Gasteiger partial charge in [0, 0.05) is 13.0 Å². The van der Waals surface area contributed by atoms with Crippen LogP contribution in [0.25, 0.3) is 0 Å². The van der Waals surface area contributed by atoms with Crippen LogP contribution in [0.4, 0.5) is 0 Å². The molecule has 0 heterocycles. The molecule has 0 aliphatic heterocycles. The Morgan fingerprint density at radius 2 is 1.15 bits per heavy atom. The van der Waals surface area contributed by atoms with Gasteiger partial charge < -0.3 is 4.48 Å². The van der Waals surface area contributed by atoms with Crippen molar-refractivity contribution in [3.8, 4) is 0 Å². The van der Waals surface area contributed by atoms with Crippen LogP contribution in [-0.4, -0.2) is 38.3 Å². The molecule has 0 spiro atoms. The SMILES string of the molecule is CCCCCCCCCCCCNC(CC)[N+](C)(C)C. The minimum Gasteiger partial charge on any atom is -0.316 e. The first-order valence-corrected chi connectivity index (χ1v) is 9.06. The van der Waals surface area contributed by atoms with Gasteiger partial charge in [0.1, 0.15) is 6.17 Å². The van der Waals surface area contributed by atoms with Crippen molar-refractivity contribution in [2.75, 3.05) is 27.7 Å². The van der Waals surface area contributed by atoms with Gasteiger partial charge in [-0.25, -0.2) is 0 Å². The Hall–Kier alpha value is -0.0800. The Balaban J connectivity index is 3.28. The molecule has 0 aliphatic rings. The van der Waals surface area contributed by atoms with E-state index in [-0.39, 0.29) is 0 Å². The monoisotopic (exact) mass is 285 g/mol. The van der Waals surface area contributed by atoms with Crippen LogP contribution in [-0.2, 0) is 0 Å². The lowest BCUT2D eigenvalue weighted by Crippen LogP contribution is -2.53. The molecular formula is C18H41N2+. The van der Waals surface area contributed by atoms with E-state index in [1.54, 1.807) is 0 Å². The van der Waals surface area contributed by atoms with Gasteiger partial charge in [0.05, 0.1) is 21.1 Å². The fraction of sp³-hybridized carbons (Fsp3) is 1.00. The summed E-state index contributed by atoms with van der Waals surface area (Å²) in [4.78, 5) is 0. The minimum atomic E-state index is 0.605. The summed E-state index contributed by atoms with van der Waals surface area (Å²) < 4.78 is 1.02. The molecule has 0 rings (SSSR count). The van der Waals surface area contributed by atoms with E-state index in [1.165, 1.54) is 77.2 Å². The molecule has 0 saturated carbocycles. The van der Waals surface area contributed by atoms with Gasteiger partial charge in [-0.3, -0.25) is 5.32 Å². The van der Waals surface area contributed by atoms with E-state index < -0.39 is 0 Å². The van der Waals surface area contributed by atoms with Crippen LogP contribution in [0.2, 0.25) is 0 Å². The molecule has 0 bridgehead atoms. The molecule has 0 radical (unpaired) electrons. The van der Waals surface area contributed by atoms with Crippen molar-refractivity contribution < 1.29 is 4.48 Å². The highest BCUT2D eigenvalue weighted by molar-refractivity contribution is 4.54. The van der Waals surface area contributed by atoms with E-state index in [4.69, 9.17) is 0 Å². The molecule has 1 unspecified atom stereocenters. The third-order valence-corrected chi connectivity index (χ3v) is 4.23. The van der Waals surface area contributed by atoms with Crippen molar-refractivity contribution in [3.63, 3.8) is 0 Å². The van der Waals surface area contributed by atoms with Crippen LogP contribution in [0, 0.1) is 0 Å². The molecule has 0 fully saturated rings. The number of hydrogen-bond donors (Lipinski definition) is 1. The summed E-state index contributed by atoms with van der Waals surface area (Å²) in [6, 6.07) is 0. The summed E-state index contributed by atoms with van der Waals surface area (Å²) in [6.07, 6.45) is 16.0. The maximum atomic E-state index is 3.71. The van der Waals surface area contributed by atoms with Crippen LogP contribution in [0.3, 0.4) is 0 Å². The minimum absolute atomic E-state index is 0.605. The predicted molar refractivity (Wildman–Crippen MR) is 92.0 cm³/mol. The molecule has 0 aromatic rings. The molecule has 0 saturated heterocycles. The highest BCUT2D eigenvalue weighted by atomic mass is 15.4. The molecule has 0 aromatic carbocycles. The molecule has 0 aromatic heterocycles. The zero-order valence-corrected chi connectivity index (χ0v) is 15.0. The number of rotatable bonds is 14. The number of nitrogens with zero attached hydrogens (tertiary/aromatic N) is 1. The van der Waals surface area contributed by atoms with Crippen LogP contribution >= 0.6 is 0 Å². The summed E-state index contributed by atoms with van der Waals surface area (Å²) in [5, 5.41) is 3.71. The van der Waals surface area contributed by atoms with Gasteiger partial charge in [-0.05, 0) is 6.42 Å². The average molecular weight is 286 g/mol. The standard InChI is InChI=1S/C18H41N2/c1-6-8-9-10-11-12-13-14-15-16-17-19-18(7-2)20(3,4)5/h18-19H,6-17H2,1-5H3/q+1. The quantitative estimate of drug-likeness (QED) is 0.271. The van der Waals surface area contributed by atoms with E-state index in [0.29, 0.717) is 6.17 Å². The Labute approximate surface area is 128 Å². The largest absolute Gasteiger partial charge is 0.316 e. The third kappa shape index (κ3) is 11.7. The van der Waals surface area contributed by atoms with E-state index >= 15 is 0 Å². The molecule has 0 aliphatic carbocycles. The fourth-order valence-corrected chi connectivity index (χ4v) is 2.85. The maximum Gasteiger partial charge on any atom is 0.141 e. The molecule has 122 valence electrons. The van der Waals surface area contributed by atoms with E-state index in [9.17, 15) is 0 Å². The molecule has 2 nitrogen and oxygen atoms in total. The number of quaternary nitrogens is 1. The lowest BCUT2D eigenvalue weighted by molar-refractivity contribution is -0.899. The number of hydrogen-bond acceptors (Lipinski definition) is 1. The van der Waals surface area contributed by atoms with Crippen molar-refractivity contribution in [1.29, 1.82) is 0 Å². The molecule has 20 heavy (non-hydrogen) atoms. The molecule has 2 heteroatoms. The summed E-state index contributed by atoms with van der Waals surface area (Å²) in [5.74, 6) is 0. The van der Waals surface area contributed by atoms with Crippen molar-refractivity contribution >= 4 is 0 Å². The smallest absolute Gasteiger partial charge is 0.141 e. The summed E-state index contributed by atoms with van der Waals surface area (Å²) in [7, 11) is 6.83. The zero-order valence-electron chi connectivity index (χ0n) is 15.0. The Kier molecular flexibility index (Phi) is 12.6. The molecular weight excluding hydrogens is 244 g/mol. The predicted octanol–water partition coefficient (Wildman–Crippen LogP) is 4.94. The van der Waals surface area contributed by atoms with E-state index in [1.807, 2.05) is 0 Å². The van der Waals surface area contributed by atoms with E-state index in [0.717, 1.165) is 4.48 Å². The van der Waals surface area contributed by atoms with Gasteiger partial charge in [-0.15, -0.1) is 0 Å². The van der Waals surface area contributed by atoms with Gasteiger partial charge >= 0.3 is 0 Å². The summed E-state index contributed by atoms with van der Waals surface area (Å²) in [6.45, 7) is 5.75. The first-order valence-electron chi connectivity index (χ1n) is 9.06. The van der Waals surface area contributed by atoms with E-state index in [2.05, 4.69) is 40.3 Å². The van der Waals surface area contributed by atoms with Crippen LogP contribution in [0.1, 0.15) is 84.5 Å². The van der Waals surface area contributed by atoms with Crippen LogP contribution < -0.4 is 5.32 Å². The molecule has 1 atom stereocenters. The fourth-order valence-electron chi connectivity index (χ4n) is 2.85. The second-order valence-electron chi connectivity index (χ2n) is 7.18. The summed E-state index contributed by atoms with van der Waals surface area (Å²) in [5.41, 5.74) is 0. The Bertz CT molecular complexity index is 196. The normalized spacial score (nSPS) is 13.7. The van der Waals surface area contributed by atoms with Gasteiger partial charge in [-0.2, -0.15) is 0 Å². The Morgan fingerprint density at radius 1 is 0.700 bits per heavy atom. The van der Waals surface area contributed by atoms with Gasteiger partial charge in [0.25, 0.3) is 0 Å². The summed E-state index contributed by atoms with van der Waals surface area (Å²) >= 11 is 0. The Morgan fingerprint density at radius 3 is 1.55 bits per heavy atom. The zero-order chi connectivity index (χ0) is 15.3. The van der Waals surface area contributed by atoms with Crippen LogP contribution in [0.5, 0.6) is 0 Å². The first-order chi connectivity index (χ1) is 9.52. The lowest BCUT2D eigenvalue weighted by Gasteiger charge is -2.34. The number of nitrogens with one attached hydrogen (secondary N) is 1. The van der Waals surface area contributed by atoms with Crippen LogP contribution in [0.15, 0.2) is 0 Å². The van der Waals surface area contributed by atoms with Crippen molar-refractivity contribution in [2.45, 2.75) is 90.6 Å². The maximum absolute atomic E-state index is 3.71.